The number of benzene rings is 1. The first-order valence-electron chi connectivity index (χ1n) is 7.24. The number of rotatable bonds is 5. The summed E-state index contributed by atoms with van der Waals surface area (Å²) < 4.78 is 0. The van der Waals surface area contributed by atoms with Gasteiger partial charge in [0.25, 0.3) is 0 Å². The van der Waals surface area contributed by atoms with E-state index in [1.165, 1.54) is 0 Å². The highest BCUT2D eigenvalue weighted by atomic mass is 16.4. The van der Waals surface area contributed by atoms with Crippen LogP contribution < -0.4 is 5.32 Å². The van der Waals surface area contributed by atoms with Gasteiger partial charge in [0.1, 0.15) is 0 Å². The van der Waals surface area contributed by atoms with Crippen LogP contribution in [-0.2, 0) is 15.0 Å². The Morgan fingerprint density at radius 1 is 1.19 bits per heavy atom. The van der Waals surface area contributed by atoms with E-state index in [0.29, 0.717) is 6.54 Å². The molecule has 0 aliphatic heterocycles. The first kappa shape index (κ1) is 15.5. The Balaban J connectivity index is 1.98. The van der Waals surface area contributed by atoms with Crippen LogP contribution in [0.4, 0.5) is 0 Å². The number of aliphatic carboxylic acids is 1. The van der Waals surface area contributed by atoms with E-state index in [9.17, 15) is 9.59 Å². The minimum atomic E-state index is -0.887. The predicted molar refractivity (Wildman–Crippen MR) is 80.9 cm³/mol. The van der Waals surface area contributed by atoms with Crippen LogP contribution in [0.15, 0.2) is 30.3 Å². The van der Waals surface area contributed by atoms with E-state index in [-0.39, 0.29) is 11.3 Å². The second-order valence-electron chi connectivity index (χ2n) is 7.08. The number of hydrogen-bond donors (Lipinski definition) is 2. The van der Waals surface area contributed by atoms with Crippen LogP contribution >= 0.6 is 0 Å². The van der Waals surface area contributed by atoms with Gasteiger partial charge in [0.15, 0.2) is 0 Å². The molecule has 0 radical (unpaired) electrons. The smallest absolute Gasteiger partial charge is 0.307 e. The Bertz CT molecular complexity index is 548. The molecule has 21 heavy (non-hydrogen) atoms. The van der Waals surface area contributed by atoms with Crippen molar-refractivity contribution in [3.63, 3.8) is 0 Å². The number of amides is 1. The van der Waals surface area contributed by atoms with E-state index in [0.717, 1.165) is 5.56 Å². The number of nitrogens with one attached hydrogen (secondary N) is 1. The van der Waals surface area contributed by atoms with Crippen molar-refractivity contribution in [2.75, 3.05) is 6.54 Å². The number of carboxylic acids is 1. The van der Waals surface area contributed by atoms with Crippen molar-refractivity contribution in [3.8, 4) is 0 Å². The normalized spacial score (nSPS) is 23.4. The van der Waals surface area contributed by atoms with Gasteiger partial charge < -0.3 is 10.4 Å². The zero-order chi connectivity index (χ0) is 15.8. The number of carbonyl (C=O) groups is 2. The molecule has 1 amide bonds. The fraction of sp³-hybridized carbons (Fsp3) is 0.529. The lowest BCUT2D eigenvalue weighted by atomic mass is 9.84. The lowest BCUT2D eigenvalue weighted by Crippen LogP contribution is -2.38. The Morgan fingerprint density at radius 3 is 2.24 bits per heavy atom. The van der Waals surface area contributed by atoms with Gasteiger partial charge in [-0.15, -0.1) is 0 Å². The molecule has 0 aromatic heterocycles. The van der Waals surface area contributed by atoms with Crippen molar-refractivity contribution < 1.29 is 14.7 Å². The fourth-order valence-corrected chi connectivity index (χ4v) is 3.00. The van der Waals surface area contributed by atoms with Crippen molar-refractivity contribution in [2.24, 2.45) is 17.3 Å². The van der Waals surface area contributed by atoms with Gasteiger partial charge in [-0.1, -0.05) is 58.0 Å². The number of carbonyl (C=O) groups excluding carboxylic acids is 1. The first-order chi connectivity index (χ1) is 9.68. The van der Waals surface area contributed by atoms with Gasteiger partial charge >= 0.3 is 5.97 Å². The molecule has 2 rings (SSSR count). The largest absolute Gasteiger partial charge is 0.481 e. The van der Waals surface area contributed by atoms with E-state index < -0.39 is 23.2 Å². The van der Waals surface area contributed by atoms with E-state index in [1.807, 2.05) is 44.2 Å². The number of carboxylic acid groups (broad SMARTS) is 1. The molecule has 0 spiro atoms. The van der Waals surface area contributed by atoms with E-state index in [2.05, 4.69) is 19.2 Å². The highest BCUT2D eigenvalue weighted by molar-refractivity contribution is 5.91. The maximum absolute atomic E-state index is 12.2. The molecule has 2 N–H and O–H groups in total. The van der Waals surface area contributed by atoms with E-state index >= 15 is 0 Å². The molecule has 0 saturated heterocycles. The summed E-state index contributed by atoms with van der Waals surface area (Å²) in [4.78, 5) is 23.4. The third-order valence-corrected chi connectivity index (χ3v) is 4.64. The van der Waals surface area contributed by atoms with E-state index in [4.69, 9.17) is 5.11 Å². The summed E-state index contributed by atoms with van der Waals surface area (Å²) in [6.45, 7) is 8.29. The van der Waals surface area contributed by atoms with Gasteiger partial charge in [0.05, 0.1) is 11.8 Å². The van der Waals surface area contributed by atoms with Gasteiger partial charge in [-0.25, -0.2) is 0 Å². The Hall–Kier alpha value is -1.84. The van der Waals surface area contributed by atoms with Crippen LogP contribution in [-0.4, -0.2) is 23.5 Å². The van der Waals surface area contributed by atoms with Crippen LogP contribution in [0.1, 0.15) is 33.3 Å². The monoisotopic (exact) mass is 289 g/mol. The summed E-state index contributed by atoms with van der Waals surface area (Å²) >= 11 is 0. The van der Waals surface area contributed by atoms with Crippen molar-refractivity contribution in [2.45, 2.75) is 33.1 Å². The molecule has 0 heterocycles. The highest BCUT2D eigenvalue weighted by Gasteiger charge is 2.65. The Morgan fingerprint density at radius 2 is 1.76 bits per heavy atom. The van der Waals surface area contributed by atoms with Crippen LogP contribution in [0, 0.1) is 17.3 Å². The summed E-state index contributed by atoms with van der Waals surface area (Å²) in [6, 6.07) is 9.98. The highest BCUT2D eigenvalue weighted by Crippen LogP contribution is 2.58. The maximum Gasteiger partial charge on any atom is 0.307 e. The molecule has 1 fully saturated rings. The molecule has 1 saturated carbocycles. The quantitative estimate of drug-likeness (QED) is 0.875. The second-order valence-corrected chi connectivity index (χ2v) is 7.08. The van der Waals surface area contributed by atoms with Crippen LogP contribution in [0.5, 0.6) is 0 Å². The summed E-state index contributed by atoms with van der Waals surface area (Å²) in [5.41, 5.74) is 0.511. The number of hydrogen-bond acceptors (Lipinski definition) is 2. The van der Waals surface area contributed by atoms with Crippen LogP contribution in [0.2, 0.25) is 0 Å². The molecule has 4 heteroatoms. The summed E-state index contributed by atoms with van der Waals surface area (Å²) in [7, 11) is 0. The van der Waals surface area contributed by atoms with Crippen molar-refractivity contribution in [3.05, 3.63) is 35.9 Å². The van der Waals surface area contributed by atoms with Crippen molar-refractivity contribution >= 4 is 11.9 Å². The Kier molecular flexibility index (Phi) is 3.83. The van der Waals surface area contributed by atoms with Crippen LogP contribution in [0.25, 0.3) is 0 Å². The molecule has 1 aliphatic rings. The average molecular weight is 289 g/mol. The minimum Gasteiger partial charge on any atom is -0.481 e. The minimum absolute atomic E-state index is 0.156. The maximum atomic E-state index is 12.2. The molecule has 2 unspecified atom stereocenters. The standard InChI is InChI=1S/C17H23NO3/c1-16(2,11-8-6-5-7-9-11)10-18-14(19)12-13(15(20)21)17(12,3)4/h5-9,12-13H,10H2,1-4H3,(H,18,19)(H,20,21). The van der Waals surface area contributed by atoms with Crippen molar-refractivity contribution in [1.82, 2.24) is 5.32 Å². The van der Waals surface area contributed by atoms with Gasteiger partial charge in [-0.2, -0.15) is 0 Å². The fourth-order valence-electron chi connectivity index (χ4n) is 3.00. The SMILES string of the molecule is CC(C)(CNC(=O)C1C(C(=O)O)C1(C)C)c1ccccc1. The molecule has 4 nitrogen and oxygen atoms in total. The zero-order valence-corrected chi connectivity index (χ0v) is 13.0. The molecular formula is C17H23NO3. The van der Waals surface area contributed by atoms with E-state index in [1.54, 1.807) is 0 Å². The van der Waals surface area contributed by atoms with Gasteiger partial charge in [-0.3, -0.25) is 9.59 Å². The molecule has 0 bridgehead atoms. The molecule has 1 aromatic rings. The topological polar surface area (TPSA) is 66.4 Å². The molecule has 1 aromatic carbocycles. The average Bonchev–Trinajstić information content (AvgIpc) is 3.00. The molecule has 1 aliphatic carbocycles. The Labute approximate surface area is 125 Å². The van der Waals surface area contributed by atoms with Crippen molar-refractivity contribution in [1.29, 1.82) is 0 Å². The summed E-state index contributed by atoms with van der Waals surface area (Å²) in [5, 5.41) is 12.1. The lowest BCUT2D eigenvalue weighted by molar-refractivity contribution is -0.140. The van der Waals surface area contributed by atoms with Crippen LogP contribution in [0.3, 0.4) is 0 Å². The molecular weight excluding hydrogens is 266 g/mol. The van der Waals surface area contributed by atoms with Gasteiger partial charge in [0.2, 0.25) is 5.91 Å². The summed E-state index contributed by atoms with van der Waals surface area (Å²) in [5.74, 6) is -2.04. The summed E-state index contributed by atoms with van der Waals surface area (Å²) in [6.07, 6.45) is 0. The second kappa shape index (κ2) is 5.17. The molecule has 114 valence electrons. The first-order valence-corrected chi connectivity index (χ1v) is 7.24. The lowest BCUT2D eigenvalue weighted by Gasteiger charge is -2.25. The predicted octanol–water partition coefficient (Wildman–Crippen LogP) is 2.44. The molecule has 2 atom stereocenters. The third-order valence-electron chi connectivity index (χ3n) is 4.64. The van der Waals surface area contributed by atoms with Gasteiger partial charge in [0, 0.05) is 12.0 Å². The third kappa shape index (κ3) is 2.94. The van der Waals surface area contributed by atoms with Gasteiger partial charge in [-0.05, 0) is 11.0 Å². The zero-order valence-electron chi connectivity index (χ0n) is 13.0.